The number of carbonyl (C=O) groups excluding carboxylic acids is 1. The van der Waals surface area contributed by atoms with Crippen molar-refractivity contribution in [3.63, 3.8) is 0 Å². The molecule has 0 saturated carbocycles. The van der Waals surface area contributed by atoms with Gasteiger partial charge < -0.3 is 14.7 Å². The van der Waals surface area contributed by atoms with Crippen molar-refractivity contribution >= 4 is 39.0 Å². The van der Waals surface area contributed by atoms with Crippen LogP contribution in [0.3, 0.4) is 0 Å². The van der Waals surface area contributed by atoms with Crippen molar-refractivity contribution in [2.45, 2.75) is 26.2 Å². The van der Waals surface area contributed by atoms with Crippen LogP contribution >= 0.6 is 11.3 Å². The van der Waals surface area contributed by atoms with Crippen LogP contribution in [-0.4, -0.2) is 60.0 Å². The van der Waals surface area contributed by atoms with Crippen LogP contribution in [0, 0.1) is 5.92 Å². The Morgan fingerprint density at radius 1 is 1.06 bits per heavy atom. The largest absolute Gasteiger partial charge is 0.368 e. The Labute approximate surface area is 187 Å². The number of rotatable bonds is 4. The number of piperidine rings is 1. The molecule has 0 spiro atoms. The van der Waals surface area contributed by atoms with Crippen molar-refractivity contribution in [1.29, 1.82) is 0 Å². The Hall–Kier alpha value is -2.67. The minimum Gasteiger partial charge on any atom is -0.368 e. The number of hydrogen-bond donors (Lipinski definition) is 0. The summed E-state index contributed by atoms with van der Waals surface area (Å²) in [5.41, 5.74) is 1.24. The van der Waals surface area contributed by atoms with Gasteiger partial charge in [0.05, 0.1) is 11.3 Å². The van der Waals surface area contributed by atoms with Gasteiger partial charge in [0, 0.05) is 49.8 Å². The molecule has 2 fully saturated rings. The minimum atomic E-state index is 0.0475. The standard InChI is InChI=1S/C24H29N5OS/c1-2-20-15-21-22(25-17-26-23(21)31-20)29-10-6-7-18(16-29)24(30)28-13-11-27(12-14-28)19-8-4-3-5-9-19/h3-5,8-9,15,17-18H,2,6-7,10-14,16H2,1H3/t18-/m0/s1. The lowest BCUT2D eigenvalue weighted by molar-refractivity contribution is -0.136. The molecule has 7 heteroatoms. The van der Waals surface area contributed by atoms with Crippen molar-refractivity contribution in [2.75, 3.05) is 49.1 Å². The summed E-state index contributed by atoms with van der Waals surface area (Å²) in [7, 11) is 0. The number of anilines is 2. The highest BCUT2D eigenvalue weighted by molar-refractivity contribution is 7.18. The lowest BCUT2D eigenvalue weighted by Crippen LogP contribution is -2.52. The van der Waals surface area contributed by atoms with Crippen LogP contribution < -0.4 is 9.80 Å². The maximum absolute atomic E-state index is 13.3. The zero-order valence-corrected chi connectivity index (χ0v) is 18.9. The SMILES string of the molecule is CCc1cc2c(N3CCC[C@H](C(=O)N4CCN(c5ccccc5)CC4)C3)ncnc2s1. The van der Waals surface area contributed by atoms with E-state index in [4.69, 9.17) is 0 Å². The van der Waals surface area contributed by atoms with E-state index in [-0.39, 0.29) is 5.92 Å². The highest BCUT2D eigenvalue weighted by atomic mass is 32.1. The summed E-state index contributed by atoms with van der Waals surface area (Å²) >= 11 is 1.75. The van der Waals surface area contributed by atoms with Crippen LogP contribution in [0.25, 0.3) is 10.2 Å². The van der Waals surface area contributed by atoms with Crippen molar-refractivity contribution in [3.05, 3.63) is 47.6 Å². The number of piperazine rings is 1. The van der Waals surface area contributed by atoms with Gasteiger partial charge in [-0.05, 0) is 37.5 Å². The van der Waals surface area contributed by atoms with Crippen LogP contribution in [0.1, 0.15) is 24.6 Å². The number of carbonyl (C=O) groups is 1. The van der Waals surface area contributed by atoms with E-state index in [2.05, 4.69) is 61.9 Å². The van der Waals surface area contributed by atoms with Gasteiger partial charge in [-0.3, -0.25) is 4.79 Å². The van der Waals surface area contributed by atoms with Gasteiger partial charge >= 0.3 is 0 Å². The smallest absolute Gasteiger partial charge is 0.227 e. The van der Waals surface area contributed by atoms with Crippen molar-refractivity contribution in [3.8, 4) is 0 Å². The average Bonchev–Trinajstić information content (AvgIpc) is 3.28. The molecule has 2 aromatic heterocycles. The number of amides is 1. The van der Waals surface area contributed by atoms with E-state index in [1.807, 2.05) is 6.07 Å². The third-order valence-corrected chi connectivity index (χ3v) is 7.68. The Morgan fingerprint density at radius 3 is 2.65 bits per heavy atom. The number of nitrogens with zero attached hydrogens (tertiary/aromatic N) is 5. The van der Waals surface area contributed by atoms with Gasteiger partial charge in [0.2, 0.25) is 5.91 Å². The molecule has 0 bridgehead atoms. The van der Waals surface area contributed by atoms with E-state index in [1.165, 1.54) is 10.6 Å². The molecule has 1 atom stereocenters. The van der Waals surface area contributed by atoms with Gasteiger partial charge in [0.1, 0.15) is 17.0 Å². The number of fused-ring (bicyclic) bond motifs is 1. The predicted molar refractivity (Wildman–Crippen MR) is 127 cm³/mol. The van der Waals surface area contributed by atoms with Gasteiger partial charge in [0.15, 0.2) is 0 Å². The third-order valence-electron chi connectivity index (χ3n) is 6.49. The van der Waals surface area contributed by atoms with E-state index >= 15 is 0 Å². The molecule has 3 aromatic rings. The first-order chi connectivity index (χ1) is 15.2. The molecule has 31 heavy (non-hydrogen) atoms. The second kappa shape index (κ2) is 8.83. The van der Waals surface area contributed by atoms with E-state index in [0.717, 1.165) is 74.6 Å². The van der Waals surface area contributed by atoms with E-state index < -0.39 is 0 Å². The molecule has 2 aliphatic rings. The Balaban J connectivity index is 1.26. The maximum Gasteiger partial charge on any atom is 0.227 e. The number of benzene rings is 1. The first-order valence-corrected chi connectivity index (χ1v) is 12.1. The number of aromatic nitrogens is 2. The topological polar surface area (TPSA) is 52.6 Å². The van der Waals surface area contributed by atoms with Gasteiger partial charge in [-0.1, -0.05) is 25.1 Å². The summed E-state index contributed by atoms with van der Waals surface area (Å²) in [5, 5.41) is 1.13. The number of aryl methyl sites for hydroxylation is 1. The second-order valence-electron chi connectivity index (χ2n) is 8.42. The summed E-state index contributed by atoms with van der Waals surface area (Å²) < 4.78 is 0. The molecule has 0 aliphatic carbocycles. The fourth-order valence-corrected chi connectivity index (χ4v) is 5.70. The molecule has 162 valence electrons. The van der Waals surface area contributed by atoms with Crippen molar-refractivity contribution < 1.29 is 4.79 Å². The molecule has 0 N–H and O–H groups in total. The molecule has 5 rings (SSSR count). The van der Waals surface area contributed by atoms with Crippen LogP contribution in [0.15, 0.2) is 42.7 Å². The fraction of sp³-hybridized carbons (Fsp3) is 0.458. The number of hydrogen-bond acceptors (Lipinski definition) is 6. The van der Waals surface area contributed by atoms with E-state index in [0.29, 0.717) is 5.91 Å². The van der Waals surface area contributed by atoms with Crippen molar-refractivity contribution in [2.24, 2.45) is 5.92 Å². The normalized spacial score (nSPS) is 19.8. The predicted octanol–water partition coefficient (Wildman–Crippen LogP) is 3.82. The van der Waals surface area contributed by atoms with Crippen LogP contribution in [-0.2, 0) is 11.2 Å². The fourth-order valence-electron chi connectivity index (χ4n) is 4.77. The summed E-state index contributed by atoms with van der Waals surface area (Å²) in [6.45, 7) is 7.26. The third kappa shape index (κ3) is 4.11. The lowest BCUT2D eigenvalue weighted by atomic mass is 9.96. The number of para-hydroxylation sites is 1. The van der Waals surface area contributed by atoms with Crippen LogP contribution in [0.2, 0.25) is 0 Å². The van der Waals surface area contributed by atoms with Gasteiger partial charge in [-0.2, -0.15) is 0 Å². The highest BCUT2D eigenvalue weighted by Crippen LogP contribution is 2.33. The molecule has 1 amide bonds. The summed E-state index contributed by atoms with van der Waals surface area (Å²) in [6, 6.07) is 12.7. The van der Waals surface area contributed by atoms with Crippen LogP contribution in [0.4, 0.5) is 11.5 Å². The molecule has 2 aliphatic heterocycles. The van der Waals surface area contributed by atoms with Gasteiger partial charge in [-0.15, -0.1) is 11.3 Å². The number of thiophene rings is 1. The Morgan fingerprint density at radius 2 is 1.87 bits per heavy atom. The summed E-state index contributed by atoms with van der Waals surface area (Å²) in [5.74, 6) is 1.35. The molecular weight excluding hydrogens is 406 g/mol. The van der Waals surface area contributed by atoms with Crippen molar-refractivity contribution in [1.82, 2.24) is 14.9 Å². The molecule has 0 radical (unpaired) electrons. The van der Waals surface area contributed by atoms with Gasteiger partial charge in [0.25, 0.3) is 0 Å². The second-order valence-corrected chi connectivity index (χ2v) is 9.53. The van der Waals surface area contributed by atoms with E-state index in [1.54, 1.807) is 17.7 Å². The lowest BCUT2D eigenvalue weighted by Gasteiger charge is -2.40. The first-order valence-electron chi connectivity index (χ1n) is 11.3. The van der Waals surface area contributed by atoms with Crippen LogP contribution in [0.5, 0.6) is 0 Å². The summed E-state index contributed by atoms with van der Waals surface area (Å²) in [4.78, 5) is 31.6. The Kier molecular flexibility index (Phi) is 5.76. The molecule has 0 unspecified atom stereocenters. The molecule has 4 heterocycles. The average molecular weight is 436 g/mol. The molecular formula is C24H29N5OS. The van der Waals surface area contributed by atoms with E-state index in [9.17, 15) is 4.79 Å². The maximum atomic E-state index is 13.3. The Bertz CT molecular complexity index is 1040. The zero-order chi connectivity index (χ0) is 21.2. The minimum absolute atomic E-state index is 0.0475. The summed E-state index contributed by atoms with van der Waals surface area (Å²) in [6.07, 6.45) is 4.67. The monoisotopic (exact) mass is 435 g/mol. The molecule has 1 aromatic carbocycles. The quantitative estimate of drug-likeness (QED) is 0.624. The first kappa shape index (κ1) is 20.2. The zero-order valence-electron chi connectivity index (χ0n) is 18.0. The molecule has 6 nitrogen and oxygen atoms in total. The van der Waals surface area contributed by atoms with Gasteiger partial charge in [-0.25, -0.2) is 9.97 Å². The highest BCUT2D eigenvalue weighted by Gasteiger charge is 2.32. The molecule has 2 saturated heterocycles.